The van der Waals surface area contributed by atoms with Crippen LogP contribution < -0.4 is 5.32 Å². The number of carbonyl (C=O) groups excluding carboxylic acids is 1. The molecule has 1 amide bonds. The fourth-order valence-electron chi connectivity index (χ4n) is 2.49. The minimum Gasteiger partial charge on any atom is -0.326 e. The highest BCUT2D eigenvalue weighted by molar-refractivity contribution is 6.30. The molecule has 2 rings (SSSR count). The zero-order valence-electron chi connectivity index (χ0n) is 11.3. The number of halogens is 1. The number of benzene rings is 1. The molecular formula is C15H18ClN3O. The van der Waals surface area contributed by atoms with E-state index in [1.807, 2.05) is 12.1 Å². The summed E-state index contributed by atoms with van der Waals surface area (Å²) in [5.74, 6) is 0.0235. The molecule has 1 N–H and O–H groups in total. The van der Waals surface area contributed by atoms with Gasteiger partial charge in [-0.3, -0.25) is 4.79 Å². The number of hydrogen-bond acceptors (Lipinski definition) is 3. The molecule has 0 spiro atoms. The van der Waals surface area contributed by atoms with Crippen LogP contribution in [0.1, 0.15) is 19.3 Å². The van der Waals surface area contributed by atoms with Crippen molar-refractivity contribution in [1.29, 1.82) is 5.26 Å². The lowest BCUT2D eigenvalue weighted by atomic mass is 9.97. The third kappa shape index (κ3) is 4.22. The summed E-state index contributed by atoms with van der Waals surface area (Å²) in [7, 11) is 0. The second kappa shape index (κ2) is 7.28. The van der Waals surface area contributed by atoms with E-state index in [0.29, 0.717) is 11.4 Å². The van der Waals surface area contributed by atoms with Crippen molar-refractivity contribution in [2.75, 3.05) is 25.0 Å². The molecule has 1 unspecified atom stereocenters. The van der Waals surface area contributed by atoms with Crippen LogP contribution in [0, 0.1) is 17.2 Å². The van der Waals surface area contributed by atoms with Crippen molar-refractivity contribution < 1.29 is 4.79 Å². The molecule has 4 nitrogen and oxygen atoms in total. The van der Waals surface area contributed by atoms with Gasteiger partial charge in [-0.25, -0.2) is 0 Å². The van der Waals surface area contributed by atoms with E-state index in [4.69, 9.17) is 16.9 Å². The fourth-order valence-corrected chi connectivity index (χ4v) is 2.68. The number of hydrogen-bond donors (Lipinski definition) is 1. The Labute approximate surface area is 124 Å². The minimum atomic E-state index is -0.0126. The maximum absolute atomic E-state index is 12.3. The molecule has 106 valence electrons. The molecule has 1 aromatic rings. The van der Waals surface area contributed by atoms with Gasteiger partial charge in [0.1, 0.15) is 0 Å². The predicted octanol–water partition coefficient (Wildman–Crippen LogP) is 2.90. The summed E-state index contributed by atoms with van der Waals surface area (Å²) < 4.78 is 0. The smallest absolute Gasteiger partial charge is 0.228 e. The van der Waals surface area contributed by atoms with Gasteiger partial charge in [-0.2, -0.15) is 5.26 Å². The highest BCUT2D eigenvalue weighted by Crippen LogP contribution is 2.20. The Morgan fingerprint density at radius 2 is 2.40 bits per heavy atom. The average molecular weight is 292 g/mol. The Bertz CT molecular complexity index is 512. The number of piperidine rings is 1. The second-order valence-corrected chi connectivity index (χ2v) is 5.48. The van der Waals surface area contributed by atoms with Crippen molar-refractivity contribution in [3.05, 3.63) is 29.3 Å². The van der Waals surface area contributed by atoms with E-state index in [9.17, 15) is 4.79 Å². The van der Waals surface area contributed by atoms with Gasteiger partial charge in [0.05, 0.1) is 12.0 Å². The van der Waals surface area contributed by atoms with Crippen LogP contribution in [0.3, 0.4) is 0 Å². The highest BCUT2D eigenvalue weighted by Gasteiger charge is 2.25. The maximum atomic E-state index is 12.3. The number of rotatable bonds is 4. The van der Waals surface area contributed by atoms with E-state index < -0.39 is 0 Å². The van der Waals surface area contributed by atoms with Crippen LogP contribution in [0.5, 0.6) is 0 Å². The number of likely N-dealkylation sites (tertiary alicyclic amines) is 1. The molecule has 20 heavy (non-hydrogen) atoms. The first-order valence-electron chi connectivity index (χ1n) is 6.85. The Morgan fingerprint density at radius 3 is 3.15 bits per heavy atom. The van der Waals surface area contributed by atoms with Crippen molar-refractivity contribution in [3.63, 3.8) is 0 Å². The molecule has 1 atom stereocenters. The average Bonchev–Trinajstić information content (AvgIpc) is 2.45. The molecule has 1 aliphatic heterocycles. The largest absolute Gasteiger partial charge is 0.326 e. The molecule has 1 heterocycles. The van der Waals surface area contributed by atoms with Crippen LogP contribution in [0.4, 0.5) is 5.69 Å². The lowest BCUT2D eigenvalue weighted by molar-refractivity contribution is -0.121. The quantitative estimate of drug-likeness (QED) is 0.928. The third-order valence-corrected chi connectivity index (χ3v) is 3.74. The number of nitriles is 1. The number of nitrogens with zero attached hydrogens (tertiary/aromatic N) is 2. The topological polar surface area (TPSA) is 56.1 Å². The van der Waals surface area contributed by atoms with Crippen LogP contribution in [0.2, 0.25) is 5.02 Å². The fraction of sp³-hybridized carbons (Fsp3) is 0.467. The van der Waals surface area contributed by atoms with Gasteiger partial charge in [0, 0.05) is 30.2 Å². The van der Waals surface area contributed by atoms with Gasteiger partial charge in [-0.1, -0.05) is 17.7 Å². The lowest BCUT2D eigenvalue weighted by Gasteiger charge is -2.31. The zero-order valence-corrected chi connectivity index (χ0v) is 12.1. The van der Waals surface area contributed by atoms with Crippen molar-refractivity contribution >= 4 is 23.2 Å². The number of amides is 1. The summed E-state index contributed by atoms with van der Waals surface area (Å²) in [4.78, 5) is 14.4. The normalized spacial score (nSPS) is 19.3. The molecule has 0 aromatic heterocycles. The maximum Gasteiger partial charge on any atom is 0.228 e. The van der Waals surface area contributed by atoms with Crippen molar-refractivity contribution in [1.82, 2.24) is 4.90 Å². The Balaban J connectivity index is 1.90. The summed E-state index contributed by atoms with van der Waals surface area (Å²) in [5.41, 5.74) is 0.733. The first-order valence-corrected chi connectivity index (χ1v) is 7.22. The van der Waals surface area contributed by atoms with Gasteiger partial charge in [-0.15, -0.1) is 0 Å². The Morgan fingerprint density at radius 1 is 1.55 bits per heavy atom. The lowest BCUT2D eigenvalue weighted by Crippen LogP contribution is -2.41. The molecule has 0 aliphatic carbocycles. The van der Waals surface area contributed by atoms with E-state index in [0.717, 1.165) is 38.2 Å². The number of nitrogens with one attached hydrogen (secondary N) is 1. The van der Waals surface area contributed by atoms with Crippen LogP contribution in [0.15, 0.2) is 24.3 Å². The molecule has 1 aliphatic rings. The zero-order chi connectivity index (χ0) is 14.4. The molecule has 1 saturated heterocycles. The molecule has 0 saturated carbocycles. The van der Waals surface area contributed by atoms with E-state index in [-0.39, 0.29) is 11.8 Å². The highest BCUT2D eigenvalue weighted by atomic mass is 35.5. The standard InChI is InChI=1S/C15H18ClN3O/c16-13-5-1-6-14(10-13)18-15(20)12-4-2-8-19(11-12)9-3-7-17/h1,5-6,10,12H,2-4,8-9,11H2,(H,18,20). The van der Waals surface area contributed by atoms with E-state index in [2.05, 4.69) is 16.3 Å². The Kier molecular flexibility index (Phi) is 5.40. The van der Waals surface area contributed by atoms with Crippen LogP contribution in [0.25, 0.3) is 0 Å². The van der Waals surface area contributed by atoms with Crippen molar-refractivity contribution in [3.8, 4) is 6.07 Å². The first kappa shape index (κ1) is 14.8. The predicted molar refractivity (Wildman–Crippen MR) is 79.5 cm³/mol. The molecule has 5 heteroatoms. The van der Waals surface area contributed by atoms with Gasteiger partial charge >= 0.3 is 0 Å². The van der Waals surface area contributed by atoms with E-state index in [1.54, 1.807) is 12.1 Å². The minimum absolute atomic E-state index is 0.0126. The van der Waals surface area contributed by atoms with Crippen LogP contribution >= 0.6 is 11.6 Å². The van der Waals surface area contributed by atoms with Gasteiger partial charge in [0.2, 0.25) is 5.91 Å². The van der Waals surface area contributed by atoms with Crippen molar-refractivity contribution in [2.24, 2.45) is 5.92 Å². The van der Waals surface area contributed by atoms with Gasteiger partial charge in [-0.05, 0) is 37.6 Å². The summed E-state index contributed by atoms with van der Waals surface area (Å²) in [5, 5.41) is 12.2. The van der Waals surface area contributed by atoms with Gasteiger partial charge in [0.25, 0.3) is 0 Å². The summed E-state index contributed by atoms with van der Waals surface area (Å²) in [6, 6.07) is 9.32. The summed E-state index contributed by atoms with van der Waals surface area (Å²) >= 11 is 5.90. The summed E-state index contributed by atoms with van der Waals surface area (Å²) in [6.07, 6.45) is 2.41. The van der Waals surface area contributed by atoms with Crippen LogP contribution in [-0.4, -0.2) is 30.4 Å². The van der Waals surface area contributed by atoms with Gasteiger partial charge < -0.3 is 10.2 Å². The third-order valence-electron chi connectivity index (χ3n) is 3.51. The van der Waals surface area contributed by atoms with Crippen LogP contribution in [-0.2, 0) is 4.79 Å². The number of anilines is 1. The molecule has 1 aromatic carbocycles. The Hall–Kier alpha value is -1.57. The van der Waals surface area contributed by atoms with Crippen molar-refractivity contribution in [2.45, 2.75) is 19.3 Å². The summed E-state index contributed by atoms with van der Waals surface area (Å²) in [6.45, 7) is 2.45. The first-order chi connectivity index (χ1) is 9.69. The second-order valence-electron chi connectivity index (χ2n) is 5.05. The van der Waals surface area contributed by atoms with E-state index >= 15 is 0 Å². The SMILES string of the molecule is N#CCCN1CCCC(C(=O)Nc2cccc(Cl)c2)C1. The molecular weight excluding hydrogens is 274 g/mol. The molecule has 1 fully saturated rings. The number of carbonyl (C=O) groups is 1. The molecule has 0 radical (unpaired) electrons. The monoisotopic (exact) mass is 291 g/mol. The molecule has 0 bridgehead atoms. The van der Waals surface area contributed by atoms with Gasteiger partial charge in [0.15, 0.2) is 0 Å². The van der Waals surface area contributed by atoms with E-state index in [1.165, 1.54) is 0 Å².